The Hall–Kier alpha value is -1.95. The number of ether oxygens (including phenoxy) is 1. The molecule has 0 atom stereocenters. The summed E-state index contributed by atoms with van der Waals surface area (Å²) in [6.45, 7) is 3.64. The first-order valence-corrected chi connectivity index (χ1v) is 5.95. The molecule has 1 heterocycles. The first-order chi connectivity index (χ1) is 8.79. The molecule has 0 radical (unpaired) electrons. The van der Waals surface area contributed by atoms with Gasteiger partial charge in [-0.2, -0.15) is 4.80 Å². The molecule has 0 unspecified atom stereocenters. The van der Waals surface area contributed by atoms with Crippen molar-refractivity contribution in [3.05, 3.63) is 35.7 Å². The smallest absolute Gasteiger partial charge is 0.212 e. The number of aromatic nitrogens is 4. The van der Waals surface area contributed by atoms with E-state index in [0.29, 0.717) is 25.5 Å². The third kappa shape index (κ3) is 3.27. The average molecular weight is 247 g/mol. The molecule has 0 spiro atoms. The van der Waals surface area contributed by atoms with Crippen LogP contribution in [0.15, 0.2) is 24.3 Å². The normalized spacial score (nSPS) is 10.6. The summed E-state index contributed by atoms with van der Waals surface area (Å²) in [7, 11) is 0. The van der Waals surface area contributed by atoms with Crippen LogP contribution in [-0.4, -0.2) is 26.8 Å². The number of rotatable bonds is 6. The Morgan fingerprint density at radius 1 is 1.33 bits per heavy atom. The van der Waals surface area contributed by atoms with Crippen LogP contribution >= 0.6 is 0 Å². The van der Waals surface area contributed by atoms with Gasteiger partial charge in [-0.05, 0) is 36.7 Å². The number of benzene rings is 1. The Bertz CT molecular complexity index is 497. The third-order valence-corrected chi connectivity index (χ3v) is 2.51. The molecule has 0 saturated carbocycles. The number of tetrazole rings is 1. The van der Waals surface area contributed by atoms with Crippen LogP contribution in [-0.2, 0) is 13.2 Å². The maximum Gasteiger partial charge on any atom is 0.212 e. The van der Waals surface area contributed by atoms with Gasteiger partial charge in [0, 0.05) is 0 Å². The molecular formula is C12H17N5O. The molecule has 2 N–H and O–H groups in total. The zero-order valence-corrected chi connectivity index (χ0v) is 10.4. The molecule has 2 aromatic rings. The van der Waals surface area contributed by atoms with Gasteiger partial charge in [-0.1, -0.05) is 18.2 Å². The quantitative estimate of drug-likeness (QED) is 0.820. The lowest BCUT2D eigenvalue weighted by Gasteiger charge is -2.05. The summed E-state index contributed by atoms with van der Waals surface area (Å²) < 4.78 is 5.64. The van der Waals surface area contributed by atoms with Crippen LogP contribution in [0.1, 0.15) is 17.8 Å². The van der Waals surface area contributed by atoms with Crippen LogP contribution in [0.5, 0.6) is 5.75 Å². The fraction of sp³-hybridized carbons (Fsp3) is 0.417. The highest BCUT2D eigenvalue weighted by atomic mass is 16.5. The number of hydrogen-bond acceptors (Lipinski definition) is 5. The summed E-state index contributed by atoms with van der Waals surface area (Å²) in [6, 6.07) is 7.84. The molecule has 0 aliphatic carbocycles. The second kappa shape index (κ2) is 6.11. The van der Waals surface area contributed by atoms with Crippen molar-refractivity contribution >= 4 is 0 Å². The maximum atomic E-state index is 5.64. The van der Waals surface area contributed by atoms with Crippen molar-refractivity contribution in [2.24, 2.45) is 5.73 Å². The van der Waals surface area contributed by atoms with E-state index in [-0.39, 0.29) is 0 Å². The minimum Gasteiger partial charge on any atom is -0.485 e. The van der Waals surface area contributed by atoms with E-state index in [2.05, 4.69) is 15.4 Å². The van der Waals surface area contributed by atoms with Crippen LogP contribution in [0.3, 0.4) is 0 Å². The first kappa shape index (κ1) is 12.5. The second-order valence-corrected chi connectivity index (χ2v) is 4.00. The van der Waals surface area contributed by atoms with Crippen molar-refractivity contribution in [3.8, 4) is 5.75 Å². The molecule has 18 heavy (non-hydrogen) atoms. The molecule has 6 heteroatoms. The van der Waals surface area contributed by atoms with Crippen LogP contribution in [0.2, 0.25) is 0 Å². The average Bonchev–Trinajstić information content (AvgIpc) is 2.83. The van der Waals surface area contributed by atoms with Crippen molar-refractivity contribution in [1.82, 2.24) is 20.2 Å². The number of nitrogens with zero attached hydrogens (tertiary/aromatic N) is 4. The van der Waals surface area contributed by atoms with E-state index in [1.807, 2.05) is 31.2 Å². The van der Waals surface area contributed by atoms with Crippen molar-refractivity contribution in [2.75, 3.05) is 6.54 Å². The van der Waals surface area contributed by atoms with Gasteiger partial charge in [0.15, 0.2) is 6.61 Å². The number of nitrogens with two attached hydrogens (primary N) is 1. The molecule has 0 aliphatic heterocycles. The number of para-hydroxylation sites is 1. The summed E-state index contributed by atoms with van der Waals surface area (Å²) in [5.41, 5.74) is 6.51. The highest BCUT2D eigenvalue weighted by Crippen LogP contribution is 2.16. The van der Waals surface area contributed by atoms with E-state index in [9.17, 15) is 0 Å². The van der Waals surface area contributed by atoms with Crippen LogP contribution in [0.25, 0.3) is 0 Å². The fourth-order valence-electron chi connectivity index (χ4n) is 1.52. The van der Waals surface area contributed by atoms with Gasteiger partial charge in [-0.25, -0.2) is 0 Å². The van der Waals surface area contributed by atoms with Gasteiger partial charge in [-0.15, -0.1) is 10.2 Å². The number of aryl methyl sites for hydroxylation is 2. The lowest BCUT2D eigenvalue weighted by Crippen LogP contribution is -2.08. The van der Waals surface area contributed by atoms with Crippen LogP contribution < -0.4 is 10.5 Å². The molecule has 2 rings (SSSR count). The molecule has 0 bridgehead atoms. The van der Waals surface area contributed by atoms with Crippen molar-refractivity contribution in [2.45, 2.75) is 26.5 Å². The highest BCUT2D eigenvalue weighted by molar-refractivity contribution is 5.31. The predicted octanol–water partition coefficient (Wildman–Crippen LogP) is 0.909. The lowest BCUT2D eigenvalue weighted by molar-refractivity contribution is 0.293. The Balaban J connectivity index is 1.90. The first-order valence-electron chi connectivity index (χ1n) is 5.95. The molecule has 1 aromatic heterocycles. The highest BCUT2D eigenvalue weighted by Gasteiger charge is 2.04. The van der Waals surface area contributed by atoms with E-state index in [1.54, 1.807) is 4.80 Å². The molecule has 96 valence electrons. The van der Waals surface area contributed by atoms with Gasteiger partial charge in [-0.3, -0.25) is 0 Å². The minimum atomic E-state index is 0.327. The Morgan fingerprint density at radius 2 is 2.17 bits per heavy atom. The van der Waals surface area contributed by atoms with E-state index in [0.717, 1.165) is 17.7 Å². The predicted molar refractivity (Wildman–Crippen MR) is 67.0 cm³/mol. The summed E-state index contributed by atoms with van der Waals surface area (Å²) in [6.07, 6.45) is 0.842. The summed E-state index contributed by atoms with van der Waals surface area (Å²) in [5.74, 6) is 1.42. The fourth-order valence-corrected chi connectivity index (χ4v) is 1.52. The second-order valence-electron chi connectivity index (χ2n) is 4.00. The summed E-state index contributed by atoms with van der Waals surface area (Å²) >= 11 is 0. The van der Waals surface area contributed by atoms with Crippen LogP contribution in [0.4, 0.5) is 0 Å². The zero-order valence-electron chi connectivity index (χ0n) is 10.4. The largest absolute Gasteiger partial charge is 0.485 e. The monoisotopic (exact) mass is 247 g/mol. The maximum absolute atomic E-state index is 5.64. The number of hydrogen-bond donors (Lipinski definition) is 1. The van der Waals surface area contributed by atoms with Gasteiger partial charge < -0.3 is 10.5 Å². The van der Waals surface area contributed by atoms with E-state index in [4.69, 9.17) is 10.5 Å². The molecule has 6 nitrogen and oxygen atoms in total. The van der Waals surface area contributed by atoms with Gasteiger partial charge in [0.25, 0.3) is 0 Å². The topological polar surface area (TPSA) is 78.9 Å². The van der Waals surface area contributed by atoms with Crippen molar-refractivity contribution < 1.29 is 4.74 Å². The Labute approximate surface area is 106 Å². The SMILES string of the molecule is Cc1ccccc1OCc1nnn(CCCN)n1. The van der Waals surface area contributed by atoms with E-state index in [1.165, 1.54) is 0 Å². The molecule has 0 fully saturated rings. The summed E-state index contributed by atoms with van der Waals surface area (Å²) in [4.78, 5) is 1.55. The van der Waals surface area contributed by atoms with Gasteiger partial charge in [0.05, 0.1) is 6.54 Å². The van der Waals surface area contributed by atoms with E-state index < -0.39 is 0 Å². The third-order valence-electron chi connectivity index (χ3n) is 2.51. The van der Waals surface area contributed by atoms with Crippen LogP contribution in [0, 0.1) is 6.92 Å². The van der Waals surface area contributed by atoms with Gasteiger partial charge in [0.1, 0.15) is 5.75 Å². The summed E-state index contributed by atoms with van der Waals surface area (Å²) in [5, 5.41) is 12.1. The lowest BCUT2D eigenvalue weighted by atomic mass is 10.2. The Kier molecular flexibility index (Phi) is 4.25. The molecule has 1 aromatic carbocycles. The van der Waals surface area contributed by atoms with Crippen molar-refractivity contribution in [3.63, 3.8) is 0 Å². The molecule has 0 amide bonds. The zero-order chi connectivity index (χ0) is 12.8. The van der Waals surface area contributed by atoms with Gasteiger partial charge >= 0.3 is 0 Å². The van der Waals surface area contributed by atoms with Crippen molar-refractivity contribution in [1.29, 1.82) is 0 Å². The Morgan fingerprint density at radius 3 is 2.94 bits per heavy atom. The molecular weight excluding hydrogens is 230 g/mol. The molecule has 0 saturated heterocycles. The van der Waals surface area contributed by atoms with Gasteiger partial charge in [0.2, 0.25) is 5.82 Å². The standard InChI is InChI=1S/C12H17N5O/c1-10-5-2-3-6-11(10)18-9-12-14-16-17(15-12)8-4-7-13/h2-3,5-6H,4,7-9,13H2,1H3. The molecule has 0 aliphatic rings. The van der Waals surface area contributed by atoms with E-state index >= 15 is 0 Å². The minimum absolute atomic E-state index is 0.327.